The summed E-state index contributed by atoms with van der Waals surface area (Å²) in [7, 11) is 1.64. The molecule has 0 atom stereocenters. The molecule has 0 radical (unpaired) electrons. The van der Waals surface area contributed by atoms with Gasteiger partial charge >= 0.3 is 0 Å². The topological polar surface area (TPSA) is 57.1 Å². The second kappa shape index (κ2) is 6.20. The van der Waals surface area contributed by atoms with Crippen LogP contribution in [0.5, 0.6) is 11.5 Å². The number of ether oxygens (including phenoxy) is 2. The zero-order valence-corrected chi connectivity index (χ0v) is 13.7. The van der Waals surface area contributed by atoms with E-state index in [-0.39, 0.29) is 6.10 Å². The highest BCUT2D eigenvalue weighted by molar-refractivity contribution is 5.88. The first-order chi connectivity index (χ1) is 11.1. The van der Waals surface area contributed by atoms with E-state index >= 15 is 0 Å². The molecule has 0 bridgehead atoms. The Morgan fingerprint density at radius 1 is 1.04 bits per heavy atom. The fourth-order valence-electron chi connectivity index (χ4n) is 2.34. The Kier molecular flexibility index (Phi) is 4.10. The molecule has 0 fully saturated rings. The van der Waals surface area contributed by atoms with Crippen LogP contribution in [0.4, 0.5) is 0 Å². The van der Waals surface area contributed by atoms with Crippen molar-refractivity contribution in [3.63, 3.8) is 0 Å². The maximum Gasteiger partial charge on any atom is 0.178 e. The summed E-state index contributed by atoms with van der Waals surface area (Å²) in [4.78, 5) is 13.4. The predicted octanol–water partition coefficient (Wildman–Crippen LogP) is 3.80. The lowest BCUT2D eigenvalue weighted by Gasteiger charge is -2.14. The van der Waals surface area contributed by atoms with Gasteiger partial charge in [-0.3, -0.25) is 0 Å². The molecule has 0 aliphatic heterocycles. The van der Waals surface area contributed by atoms with Gasteiger partial charge in [0.2, 0.25) is 0 Å². The number of hydrogen-bond acceptors (Lipinski definition) is 5. The highest BCUT2D eigenvalue weighted by Gasteiger charge is 2.12. The molecule has 5 nitrogen and oxygen atoms in total. The second-order valence-electron chi connectivity index (χ2n) is 5.58. The van der Waals surface area contributed by atoms with Gasteiger partial charge in [0.15, 0.2) is 5.82 Å². The van der Waals surface area contributed by atoms with Gasteiger partial charge in [0.1, 0.15) is 17.2 Å². The number of methoxy groups -OCH3 is 1. The Balaban J connectivity index is 2.22. The Morgan fingerprint density at radius 2 is 1.87 bits per heavy atom. The molecule has 0 spiro atoms. The van der Waals surface area contributed by atoms with Gasteiger partial charge in [0.05, 0.1) is 18.7 Å². The molecule has 2 aromatic heterocycles. The van der Waals surface area contributed by atoms with Crippen LogP contribution in [-0.2, 0) is 0 Å². The minimum Gasteiger partial charge on any atom is -0.497 e. The normalized spacial score (nSPS) is 11.0. The zero-order valence-electron chi connectivity index (χ0n) is 13.7. The summed E-state index contributed by atoms with van der Waals surface area (Å²) in [5, 5.41) is 0.941. The van der Waals surface area contributed by atoms with Crippen LogP contribution in [0, 0.1) is 6.92 Å². The van der Waals surface area contributed by atoms with E-state index in [1.54, 1.807) is 13.3 Å². The fraction of sp³-hybridized carbons (Fsp3) is 0.278. The van der Waals surface area contributed by atoms with Crippen molar-refractivity contribution < 1.29 is 9.47 Å². The van der Waals surface area contributed by atoms with Crippen molar-refractivity contribution >= 4 is 10.9 Å². The number of aromatic nitrogens is 3. The highest BCUT2D eigenvalue weighted by Crippen LogP contribution is 2.31. The third-order valence-electron chi connectivity index (χ3n) is 3.37. The summed E-state index contributed by atoms with van der Waals surface area (Å²) in [5.41, 5.74) is 2.38. The first kappa shape index (κ1) is 15.2. The van der Waals surface area contributed by atoms with Crippen LogP contribution >= 0.6 is 0 Å². The highest BCUT2D eigenvalue weighted by atomic mass is 16.5. The SMILES string of the molecule is COc1ccc2c(OC(C)C)cc(-c3nccc(C)n3)nc2c1. The first-order valence-electron chi connectivity index (χ1n) is 7.52. The number of rotatable bonds is 4. The average Bonchev–Trinajstić information content (AvgIpc) is 2.53. The molecule has 0 unspecified atom stereocenters. The molecule has 2 heterocycles. The minimum atomic E-state index is 0.0639. The molecule has 0 saturated heterocycles. The zero-order chi connectivity index (χ0) is 16.4. The summed E-state index contributed by atoms with van der Waals surface area (Å²) >= 11 is 0. The number of benzene rings is 1. The lowest BCUT2D eigenvalue weighted by molar-refractivity contribution is 0.245. The third-order valence-corrected chi connectivity index (χ3v) is 3.37. The summed E-state index contributed by atoms with van der Waals surface area (Å²) in [6, 6.07) is 9.50. The van der Waals surface area contributed by atoms with Crippen LogP contribution in [0.1, 0.15) is 19.5 Å². The molecule has 0 N–H and O–H groups in total. The number of hydrogen-bond donors (Lipinski definition) is 0. The molecule has 3 aromatic rings. The predicted molar refractivity (Wildman–Crippen MR) is 89.8 cm³/mol. The van der Waals surface area contributed by atoms with Crippen LogP contribution in [0.25, 0.3) is 22.4 Å². The fourth-order valence-corrected chi connectivity index (χ4v) is 2.34. The molecular weight excluding hydrogens is 290 g/mol. The van der Waals surface area contributed by atoms with E-state index in [2.05, 4.69) is 15.0 Å². The summed E-state index contributed by atoms with van der Waals surface area (Å²) < 4.78 is 11.3. The van der Waals surface area contributed by atoms with Crippen LogP contribution in [0.15, 0.2) is 36.5 Å². The van der Waals surface area contributed by atoms with Crippen LogP contribution in [0.3, 0.4) is 0 Å². The van der Waals surface area contributed by atoms with Gasteiger partial charge in [0, 0.05) is 29.4 Å². The largest absolute Gasteiger partial charge is 0.497 e. The van der Waals surface area contributed by atoms with Crippen LogP contribution in [0.2, 0.25) is 0 Å². The molecular formula is C18H19N3O2. The lowest BCUT2D eigenvalue weighted by Crippen LogP contribution is -2.07. The van der Waals surface area contributed by atoms with Gasteiger partial charge < -0.3 is 9.47 Å². The van der Waals surface area contributed by atoms with Gasteiger partial charge in [-0.2, -0.15) is 0 Å². The van der Waals surface area contributed by atoms with Crippen molar-refractivity contribution in [3.05, 3.63) is 42.2 Å². The van der Waals surface area contributed by atoms with E-state index < -0.39 is 0 Å². The number of fused-ring (bicyclic) bond motifs is 1. The standard InChI is InChI=1S/C18H19N3O2/c1-11(2)23-17-10-16(18-19-8-7-12(3)20-18)21-15-9-13(22-4)5-6-14(15)17/h5-11H,1-4H3. The molecule has 0 saturated carbocycles. The van der Waals surface area contributed by atoms with Gasteiger partial charge in [0.25, 0.3) is 0 Å². The number of nitrogens with zero attached hydrogens (tertiary/aromatic N) is 3. The third kappa shape index (κ3) is 3.23. The Hall–Kier alpha value is -2.69. The van der Waals surface area contributed by atoms with Gasteiger partial charge in [-0.05, 0) is 39.0 Å². The quantitative estimate of drug-likeness (QED) is 0.733. The van der Waals surface area contributed by atoms with Crippen molar-refractivity contribution in [2.75, 3.05) is 7.11 Å². The average molecular weight is 309 g/mol. The molecule has 118 valence electrons. The Bertz CT molecular complexity index is 847. The van der Waals surface area contributed by atoms with Crippen LogP contribution < -0.4 is 9.47 Å². The van der Waals surface area contributed by atoms with Crippen molar-refractivity contribution in [2.45, 2.75) is 26.9 Å². The summed E-state index contributed by atoms with van der Waals surface area (Å²) in [6.45, 7) is 5.93. The molecule has 23 heavy (non-hydrogen) atoms. The molecule has 0 aliphatic rings. The van der Waals surface area contributed by atoms with Crippen molar-refractivity contribution in [3.8, 4) is 23.0 Å². The minimum absolute atomic E-state index is 0.0639. The first-order valence-corrected chi connectivity index (χ1v) is 7.52. The lowest BCUT2D eigenvalue weighted by atomic mass is 10.1. The van der Waals surface area contributed by atoms with E-state index in [1.165, 1.54) is 0 Å². The molecule has 3 rings (SSSR count). The smallest absolute Gasteiger partial charge is 0.178 e. The maximum atomic E-state index is 5.96. The molecule has 1 aromatic carbocycles. The Morgan fingerprint density at radius 3 is 2.57 bits per heavy atom. The Labute approximate surface area is 135 Å². The van der Waals surface area contributed by atoms with E-state index in [0.29, 0.717) is 11.5 Å². The van der Waals surface area contributed by atoms with E-state index in [4.69, 9.17) is 9.47 Å². The van der Waals surface area contributed by atoms with E-state index in [0.717, 1.165) is 28.1 Å². The van der Waals surface area contributed by atoms with Gasteiger partial charge in [-0.15, -0.1) is 0 Å². The molecule has 5 heteroatoms. The maximum absolute atomic E-state index is 5.96. The van der Waals surface area contributed by atoms with Gasteiger partial charge in [-0.1, -0.05) is 0 Å². The number of pyridine rings is 1. The van der Waals surface area contributed by atoms with Gasteiger partial charge in [-0.25, -0.2) is 15.0 Å². The summed E-state index contributed by atoms with van der Waals surface area (Å²) in [5.74, 6) is 2.11. The van der Waals surface area contributed by atoms with Crippen molar-refractivity contribution in [2.24, 2.45) is 0 Å². The molecule has 0 amide bonds. The number of aryl methyl sites for hydroxylation is 1. The molecule has 0 aliphatic carbocycles. The second-order valence-corrected chi connectivity index (χ2v) is 5.58. The van der Waals surface area contributed by atoms with Crippen molar-refractivity contribution in [1.82, 2.24) is 15.0 Å². The summed E-state index contributed by atoms with van der Waals surface area (Å²) in [6.07, 6.45) is 1.80. The van der Waals surface area contributed by atoms with Crippen molar-refractivity contribution in [1.29, 1.82) is 0 Å². The monoisotopic (exact) mass is 309 g/mol. The van der Waals surface area contributed by atoms with E-state index in [1.807, 2.05) is 51.1 Å². The van der Waals surface area contributed by atoms with Crippen LogP contribution in [-0.4, -0.2) is 28.2 Å². The van der Waals surface area contributed by atoms with E-state index in [9.17, 15) is 0 Å².